The Morgan fingerprint density at radius 2 is 1.88 bits per heavy atom. The lowest BCUT2D eigenvalue weighted by Gasteiger charge is -2.17. The number of rotatable bonds is 3. The van der Waals surface area contributed by atoms with Crippen molar-refractivity contribution in [1.82, 2.24) is 0 Å². The van der Waals surface area contributed by atoms with Crippen LogP contribution in [0.15, 0.2) is 9.98 Å². The molecule has 0 atom stereocenters. The van der Waals surface area contributed by atoms with Gasteiger partial charge in [0.1, 0.15) is 5.60 Å². The van der Waals surface area contributed by atoms with Crippen LogP contribution in [0.3, 0.4) is 0 Å². The summed E-state index contributed by atoms with van der Waals surface area (Å²) in [4.78, 5) is 19.5. The summed E-state index contributed by atoms with van der Waals surface area (Å²) in [5.41, 5.74) is 0.988. The van der Waals surface area contributed by atoms with Crippen molar-refractivity contribution in [1.29, 1.82) is 0 Å². The predicted octanol–water partition coefficient (Wildman–Crippen LogP) is 3.25. The van der Waals surface area contributed by atoms with E-state index >= 15 is 0 Å². The molecule has 0 N–H and O–H groups in total. The second-order valence-electron chi connectivity index (χ2n) is 4.60. The fraction of sp³-hybridized carbons (Fsp3) is 0.750. The van der Waals surface area contributed by atoms with Crippen LogP contribution >= 0.6 is 0 Å². The van der Waals surface area contributed by atoms with E-state index in [-0.39, 0.29) is 0 Å². The first-order valence-electron chi connectivity index (χ1n) is 5.54. The van der Waals surface area contributed by atoms with E-state index in [1.165, 1.54) is 0 Å². The Bertz CT molecular complexity index is 299. The Labute approximate surface area is 97.8 Å². The molecule has 0 bridgehead atoms. The molecule has 0 aliphatic carbocycles. The molecule has 0 saturated heterocycles. The van der Waals surface area contributed by atoms with Gasteiger partial charge in [0.15, 0.2) is 0 Å². The lowest BCUT2D eigenvalue weighted by atomic mass is 10.1. The zero-order valence-electron chi connectivity index (χ0n) is 11.1. The molecule has 0 radical (unpaired) electrons. The van der Waals surface area contributed by atoms with Crippen LogP contribution in [-0.2, 0) is 4.74 Å². The zero-order valence-corrected chi connectivity index (χ0v) is 11.1. The largest absolute Gasteiger partial charge is 0.442 e. The summed E-state index contributed by atoms with van der Waals surface area (Å²) in [5.74, 6) is 0. The minimum atomic E-state index is -0.543. The maximum Gasteiger partial charge on any atom is 0.434 e. The quantitative estimate of drug-likeness (QED) is 0.693. The summed E-state index contributed by atoms with van der Waals surface area (Å²) in [6.07, 6.45) is 1.12. The molecule has 0 saturated carbocycles. The first-order valence-corrected chi connectivity index (χ1v) is 5.54. The molecule has 0 unspecified atom stereocenters. The molecular weight excluding hydrogens is 204 g/mol. The molecule has 4 heteroatoms. The minimum Gasteiger partial charge on any atom is -0.442 e. The summed E-state index contributed by atoms with van der Waals surface area (Å²) in [6.45, 7) is 9.34. The summed E-state index contributed by atoms with van der Waals surface area (Å²) in [7, 11) is 1.69. The highest BCUT2D eigenvalue weighted by molar-refractivity contribution is 6.42. The number of carbonyl (C=O) groups is 1. The van der Waals surface area contributed by atoms with Crippen LogP contribution in [0.2, 0.25) is 0 Å². The van der Waals surface area contributed by atoms with Crippen LogP contribution in [-0.4, -0.2) is 30.2 Å². The Morgan fingerprint density at radius 1 is 1.31 bits per heavy atom. The Morgan fingerprint density at radius 3 is 2.25 bits per heavy atom. The smallest absolute Gasteiger partial charge is 0.434 e. The monoisotopic (exact) mass is 226 g/mol. The molecule has 0 aromatic carbocycles. The van der Waals surface area contributed by atoms with Crippen molar-refractivity contribution in [2.24, 2.45) is 9.98 Å². The maximum absolute atomic E-state index is 11.5. The number of hydrogen-bond acceptors (Lipinski definition) is 3. The predicted molar refractivity (Wildman–Crippen MR) is 67.6 cm³/mol. The van der Waals surface area contributed by atoms with Gasteiger partial charge in [0.05, 0.1) is 11.4 Å². The molecule has 4 nitrogen and oxygen atoms in total. The van der Waals surface area contributed by atoms with Gasteiger partial charge >= 0.3 is 6.09 Å². The number of carbonyl (C=O) groups excluding carboxylic acids is 1. The SMILES string of the molecule is CCCC(=NC(=O)OC(C)(C)C)C(C)=NC. The molecule has 0 heterocycles. The average molecular weight is 226 g/mol. The fourth-order valence-electron chi connectivity index (χ4n) is 1.08. The van der Waals surface area contributed by atoms with Gasteiger partial charge in [0.2, 0.25) is 0 Å². The molecule has 0 fully saturated rings. The first-order chi connectivity index (χ1) is 7.30. The highest BCUT2D eigenvalue weighted by Crippen LogP contribution is 2.09. The summed E-state index contributed by atoms with van der Waals surface area (Å²) < 4.78 is 5.13. The van der Waals surface area contributed by atoms with Gasteiger partial charge in [-0.1, -0.05) is 13.3 Å². The van der Waals surface area contributed by atoms with Gasteiger partial charge < -0.3 is 4.74 Å². The van der Waals surface area contributed by atoms with Crippen molar-refractivity contribution in [3.05, 3.63) is 0 Å². The molecule has 0 aliphatic heterocycles. The van der Waals surface area contributed by atoms with Crippen LogP contribution in [0.1, 0.15) is 47.5 Å². The van der Waals surface area contributed by atoms with Crippen molar-refractivity contribution in [3.63, 3.8) is 0 Å². The van der Waals surface area contributed by atoms with Crippen LogP contribution in [0.25, 0.3) is 0 Å². The van der Waals surface area contributed by atoms with Crippen molar-refractivity contribution in [2.75, 3.05) is 7.05 Å². The first kappa shape index (κ1) is 14.8. The summed E-state index contributed by atoms with van der Waals surface area (Å²) >= 11 is 0. The molecular formula is C12H22N2O2. The second-order valence-corrected chi connectivity index (χ2v) is 4.60. The van der Waals surface area contributed by atoms with Gasteiger partial charge in [-0.3, -0.25) is 4.99 Å². The highest BCUT2D eigenvalue weighted by Gasteiger charge is 2.16. The van der Waals surface area contributed by atoms with E-state index in [4.69, 9.17) is 4.74 Å². The van der Waals surface area contributed by atoms with Crippen molar-refractivity contribution >= 4 is 17.5 Å². The van der Waals surface area contributed by atoms with Crippen molar-refractivity contribution in [3.8, 4) is 0 Å². The van der Waals surface area contributed by atoms with E-state index in [9.17, 15) is 4.79 Å². The van der Waals surface area contributed by atoms with Gasteiger partial charge in [0.25, 0.3) is 0 Å². The van der Waals surface area contributed by atoms with E-state index in [0.29, 0.717) is 5.71 Å². The van der Waals surface area contributed by atoms with E-state index in [2.05, 4.69) is 9.98 Å². The lowest BCUT2D eigenvalue weighted by Crippen LogP contribution is -2.23. The summed E-state index contributed by atoms with van der Waals surface area (Å²) in [6, 6.07) is 0. The third-order valence-electron chi connectivity index (χ3n) is 1.86. The third-order valence-corrected chi connectivity index (χ3v) is 1.86. The third kappa shape index (κ3) is 6.32. The molecule has 0 aromatic heterocycles. The molecule has 0 aromatic rings. The Kier molecular flexibility index (Phi) is 5.93. The topological polar surface area (TPSA) is 51.0 Å². The molecule has 92 valence electrons. The average Bonchev–Trinajstić information content (AvgIpc) is 2.13. The maximum atomic E-state index is 11.5. The van der Waals surface area contributed by atoms with Crippen LogP contribution in [0.5, 0.6) is 0 Å². The van der Waals surface area contributed by atoms with E-state index in [1.54, 1.807) is 7.05 Å². The molecule has 0 aliphatic rings. The number of nitrogens with zero attached hydrogens (tertiary/aromatic N) is 2. The van der Waals surface area contributed by atoms with Crippen molar-refractivity contribution < 1.29 is 9.53 Å². The molecule has 0 rings (SSSR count). The molecule has 16 heavy (non-hydrogen) atoms. The van der Waals surface area contributed by atoms with E-state index in [1.807, 2.05) is 34.6 Å². The van der Waals surface area contributed by atoms with Gasteiger partial charge in [-0.15, -0.1) is 0 Å². The molecule has 0 spiro atoms. The summed E-state index contributed by atoms with van der Waals surface area (Å²) in [5, 5.41) is 0. The molecule has 1 amide bonds. The Balaban J connectivity index is 4.73. The number of ether oxygens (including phenoxy) is 1. The second kappa shape index (κ2) is 6.40. The lowest BCUT2D eigenvalue weighted by molar-refractivity contribution is 0.0604. The van der Waals surface area contributed by atoms with Crippen LogP contribution < -0.4 is 0 Å². The number of amides is 1. The normalized spacial score (nSPS) is 13.9. The van der Waals surface area contributed by atoms with E-state index in [0.717, 1.165) is 18.6 Å². The van der Waals surface area contributed by atoms with Crippen LogP contribution in [0, 0.1) is 0 Å². The van der Waals surface area contributed by atoms with Gasteiger partial charge in [-0.05, 0) is 34.1 Å². The van der Waals surface area contributed by atoms with Crippen molar-refractivity contribution in [2.45, 2.75) is 53.1 Å². The standard InChI is InChI=1S/C12H22N2O2/c1-7-8-10(9(2)13-6)14-11(15)16-12(3,4)5/h7-8H2,1-6H3. The highest BCUT2D eigenvalue weighted by atomic mass is 16.6. The number of aliphatic imine (C=N–C) groups is 2. The van der Waals surface area contributed by atoms with Crippen LogP contribution in [0.4, 0.5) is 4.79 Å². The van der Waals surface area contributed by atoms with Gasteiger partial charge in [0, 0.05) is 7.05 Å². The van der Waals surface area contributed by atoms with Gasteiger partial charge in [-0.25, -0.2) is 4.79 Å². The van der Waals surface area contributed by atoms with Gasteiger partial charge in [-0.2, -0.15) is 4.99 Å². The fourth-order valence-corrected chi connectivity index (χ4v) is 1.08. The zero-order chi connectivity index (χ0) is 12.8. The van der Waals surface area contributed by atoms with E-state index < -0.39 is 11.7 Å². The Hall–Kier alpha value is -1.19. The number of hydrogen-bond donors (Lipinski definition) is 0. The minimum absolute atomic E-state index is 0.505.